The molecule has 1 atom stereocenters. The summed E-state index contributed by atoms with van der Waals surface area (Å²) >= 11 is 0. The van der Waals surface area contributed by atoms with Crippen LogP contribution in [-0.2, 0) is 0 Å². The Hall–Kier alpha value is -7.16. The lowest BCUT2D eigenvalue weighted by molar-refractivity contribution is 0.771. The Morgan fingerprint density at radius 2 is 1.33 bits per heavy atom. The minimum Gasteiger partial charge on any atom is -0.310 e. The fourth-order valence-electron chi connectivity index (χ4n) is 9.28. The summed E-state index contributed by atoms with van der Waals surface area (Å²) in [5.74, 6) is 0.530. The van der Waals surface area contributed by atoms with Crippen LogP contribution in [0, 0.1) is 0 Å². The highest BCUT2D eigenvalue weighted by Gasteiger charge is 2.29. The number of allylic oxidation sites excluding steroid dienone is 7. The average molecular weight is 745 g/mol. The van der Waals surface area contributed by atoms with Crippen molar-refractivity contribution in [2.24, 2.45) is 0 Å². The summed E-state index contributed by atoms with van der Waals surface area (Å²) in [6.07, 6.45) is 14.0. The molecule has 1 unspecified atom stereocenters. The van der Waals surface area contributed by atoms with Crippen LogP contribution < -0.4 is 4.90 Å². The van der Waals surface area contributed by atoms with Crippen LogP contribution in [0.25, 0.3) is 55.8 Å². The van der Waals surface area contributed by atoms with Gasteiger partial charge in [-0.3, -0.25) is 0 Å². The van der Waals surface area contributed by atoms with Crippen molar-refractivity contribution in [3.8, 4) is 16.8 Å². The second kappa shape index (κ2) is 14.7. The van der Waals surface area contributed by atoms with Gasteiger partial charge in [-0.15, -0.1) is 0 Å². The number of aromatic nitrogens is 1. The van der Waals surface area contributed by atoms with E-state index in [1.54, 1.807) is 0 Å². The summed E-state index contributed by atoms with van der Waals surface area (Å²) in [4.78, 5) is 2.41. The van der Waals surface area contributed by atoms with E-state index in [1.807, 2.05) is 6.08 Å². The summed E-state index contributed by atoms with van der Waals surface area (Å²) in [5.41, 5.74) is 19.3. The summed E-state index contributed by atoms with van der Waals surface area (Å²) < 4.78 is 2.43. The molecule has 8 aromatic rings. The van der Waals surface area contributed by atoms with Crippen LogP contribution >= 0.6 is 0 Å². The number of rotatable bonds is 8. The molecule has 1 heterocycles. The molecule has 0 bridgehead atoms. The molecule has 0 saturated heterocycles. The normalized spacial score (nSPS) is 15.4. The molecule has 0 N–H and O–H groups in total. The van der Waals surface area contributed by atoms with Crippen molar-refractivity contribution < 1.29 is 0 Å². The van der Waals surface area contributed by atoms with Crippen molar-refractivity contribution in [1.29, 1.82) is 0 Å². The van der Waals surface area contributed by atoms with Crippen molar-refractivity contribution in [2.45, 2.75) is 26.2 Å². The number of para-hydroxylation sites is 2. The highest BCUT2D eigenvalue weighted by Crippen LogP contribution is 2.51. The smallest absolute Gasteiger partial charge is 0.0542 e. The van der Waals surface area contributed by atoms with Crippen molar-refractivity contribution in [1.82, 2.24) is 4.57 Å². The second-order valence-electron chi connectivity index (χ2n) is 15.3. The molecule has 1 aromatic heterocycles. The molecule has 7 aromatic carbocycles. The van der Waals surface area contributed by atoms with E-state index in [4.69, 9.17) is 0 Å². The highest BCUT2D eigenvalue weighted by molar-refractivity contribution is 6.15. The van der Waals surface area contributed by atoms with Crippen LogP contribution in [0.1, 0.15) is 54.0 Å². The summed E-state index contributed by atoms with van der Waals surface area (Å²) in [6.45, 7) is 8.51. The van der Waals surface area contributed by atoms with Crippen LogP contribution in [0.3, 0.4) is 0 Å². The van der Waals surface area contributed by atoms with Gasteiger partial charge in [-0.05, 0) is 136 Å². The molecule has 2 nitrogen and oxygen atoms in total. The molecule has 0 spiro atoms. The van der Waals surface area contributed by atoms with Crippen LogP contribution in [0.2, 0.25) is 0 Å². The SMILES string of the molecule is C=C/C=C(\C=C/C)C(=C1\c2ccccc2-c2ccc(N(c3ccccc3)c3ccc4c(c3)c3ccccc3n4-c3ccc4c(c3)C=CCC4C)cc21)/c1ccccc1. The fourth-order valence-corrected chi connectivity index (χ4v) is 9.28. The third kappa shape index (κ3) is 5.88. The molecule has 0 aliphatic heterocycles. The Labute approximate surface area is 341 Å². The first kappa shape index (κ1) is 35.3. The number of nitrogens with zero attached hydrogens (tertiary/aromatic N) is 2. The van der Waals surface area contributed by atoms with Gasteiger partial charge in [0, 0.05) is 33.5 Å². The molecule has 0 radical (unpaired) electrons. The van der Waals surface area contributed by atoms with Crippen LogP contribution in [-0.4, -0.2) is 4.57 Å². The summed E-state index contributed by atoms with van der Waals surface area (Å²) in [5, 5.41) is 2.46. The Kier molecular flexibility index (Phi) is 8.96. The van der Waals surface area contributed by atoms with Gasteiger partial charge in [-0.25, -0.2) is 0 Å². The first-order chi connectivity index (χ1) is 28.6. The molecule has 58 heavy (non-hydrogen) atoms. The van der Waals surface area contributed by atoms with E-state index in [0.29, 0.717) is 5.92 Å². The van der Waals surface area contributed by atoms with Gasteiger partial charge in [0.25, 0.3) is 0 Å². The van der Waals surface area contributed by atoms with Crippen LogP contribution in [0.15, 0.2) is 206 Å². The van der Waals surface area contributed by atoms with E-state index in [1.165, 1.54) is 77.6 Å². The number of fused-ring (bicyclic) bond motifs is 7. The Bertz CT molecular complexity index is 3010. The van der Waals surface area contributed by atoms with Gasteiger partial charge in [0.15, 0.2) is 0 Å². The van der Waals surface area contributed by atoms with Gasteiger partial charge in [0.05, 0.1) is 11.0 Å². The monoisotopic (exact) mass is 744 g/mol. The van der Waals surface area contributed by atoms with E-state index >= 15 is 0 Å². The maximum absolute atomic E-state index is 4.11. The third-order valence-corrected chi connectivity index (χ3v) is 11.8. The lowest BCUT2D eigenvalue weighted by Gasteiger charge is -2.26. The molecule has 2 aliphatic rings. The number of hydrogen-bond acceptors (Lipinski definition) is 1. The number of hydrogen-bond donors (Lipinski definition) is 0. The lowest BCUT2D eigenvalue weighted by Crippen LogP contribution is -2.10. The maximum Gasteiger partial charge on any atom is 0.0542 e. The molecule has 10 rings (SSSR count). The zero-order valence-corrected chi connectivity index (χ0v) is 32.9. The number of anilines is 3. The molecule has 0 amide bonds. The van der Waals surface area contributed by atoms with Crippen LogP contribution in [0.5, 0.6) is 0 Å². The zero-order valence-electron chi connectivity index (χ0n) is 32.9. The lowest BCUT2D eigenvalue weighted by atomic mass is 9.87. The highest BCUT2D eigenvalue weighted by atomic mass is 15.1. The predicted octanol–water partition coefficient (Wildman–Crippen LogP) is 15.4. The van der Waals surface area contributed by atoms with Gasteiger partial charge in [-0.1, -0.05) is 153 Å². The van der Waals surface area contributed by atoms with Gasteiger partial charge in [0.2, 0.25) is 0 Å². The molecule has 278 valence electrons. The van der Waals surface area contributed by atoms with Crippen LogP contribution in [0.4, 0.5) is 17.1 Å². The fraction of sp³-hybridized carbons (Fsp3) is 0.0714. The minimum absolute atomic E-state index is 0.530. The Morgan fingerprint density at radius 1 is 0.638 bits per heavy atom. The maximum atomic E-state index is 4.11. The largest absolute Gasteiger partial charge is 0.310 e. The molecular weight excluding hydrogens is 701 g/mol. The summed E-state index contributed by atoms with van der Waals surface area (Å²) in [7, 11) is 0. The van der Waals surface area contributed by atoms with Crippen molar-refractivity contribution >= 4 is 56.1 Å². The van der Waals surface area contributed by atoms with Gasteiger partial charge in [-0.2, -0.15) is 0 Å². The van der Waals surface area contributed by atoms with E-state index in [9.17, 15) is 0 Å². The van der Waals surface area contributed by atoms with E-state index in [2.05, 4.69) is 224 Å². The minimum atomic E-state index is 0.530. The van der Waals surface area contributed by atoms with Crippen molar-refractivity contribution in [3.63, 3.8) is 0 Å². The first-order valence-electron chi connectivity index (χ1n) is 20.3. The predicted molar refractivity (Wildman–Crippen MR) is 248 cm³/mol. The first-order valence-corrected chi connectivity index (χ1v) is 20.3. The quantitative estimate of drug-likeness (QED) is 0.141. The molecule has 0 fully saturated rings. The van der Waals surface area contributed by atoms with Gasteiger partial charge in [0.1, 0.15) is 0 Å². The molecule has 2 aliphatic carbocycles. The van der Waals surface area contributed by atoms with Crippen molar-refractivity contribution in [2.75, 3.05) is 4.90 Å². The third-order valence-electron chi connectivity index (χ3n) is 11.8. The number of benzene rings is 7. The standard InChI is InChI=1S/C56H44N2/c1-4-17-39(18-5-2)55(40-20-8-6-9-21-40)56-50-27-13-12-25-47(50)48-33-30-44(37-52(48)56)57(42-23-10-7-11-24-42)45-31-34-54-51(36-45)49-26-14-15-28-53(49)58(54)43-29-32-46-38(3)19-16-22-41(46)35-43/h4-18,20-38H,1,19H2,2-3H3/b18-5-,39-17+,56-55-. The molecule has 2 heteroatoms. The Balaban J connectivity index is 1.20. The van der Waals surface area contributed by atoms with Gasteiger partial charge < -0.3 is 9.47 Å². The molecule has 0 saturated carbocycles. The zero-order chi connectivity index (χ0) is 39.2. The van der Waals surface area contributed by atoms with Gasteiger partial charge >= 0.3 is 0 Å². The van der Waals surface area contributed by atoms with E-state index < -0.39 is 0 Å². The van der Waals surface area contributed by atoms with Crippen molar-refractivity contribution in [3.05, 3.63) is 234 Å². The van der Waals surface area contributed by atoms with E-state index in [-0.39, 0.29) is 0 Å². The molecular formula is C56H44N2. The summed E-state index contributed by atoms with van der Waals surface area (Å²) in [6, 6.07) is 60.2. The van der Waals surface area contributed by atoms with E-state index in [0.717, 1.165) is 29.1 Å². The topological polar surface area (TPSA) is 8.17 Å². The Morgan fingerprint density at radius 3 is 2.14 bits per heavy atom. The second-order valence-corrected chi connectivity index (χ2v) is 15.3. The average Bonchev–Trinajstić information content (AvgIpc) is 3.77.